The van der Waals surface area contributed by atoms with Crippen LogP contribution in [0.1, 0.15) is 65.2 Å². The van der Waals surface area contributed by atoms with Gasteiger partial charge in [0, 0.05) is 27.4 Å². The molecule has 0 aliphatic rings. The Morgan fingerprint density at radius 3 is 2.05 bits per heavy atom. The number of benzene rings is 2. The Morgan fingerprint density at radius 2 is 1.53 bits per heavy atom. The monoisotopic (exact) mass is 576 g/mol. The highest BCUT2D eigenvalue weighted by Gasteiger charge is 2.26. The normalized spacial score (nSPS) is 12.2. The standard InChI is InChI=1S/C28H30Cl2N2O5S/c1-28(2,3)37-27(36)31-16-8-13-21(26(34)35)32-25(33)23-15-14-22(38-23)24(17-9-4-6-11-19(17)29)18-10-5-7-12-20(18)30/h4-7,9-12,14-15,21,24H,8,13,16H2,1-3H3,(H,31,36)(H,32,33)(H,34,35)/t21-/m0/s1. The zero-order valence-corrected chi connectivity index (χ0v) is 23.6. The molecule has 7 nitrogen and oxygen atoms in total. The molecule has 10 heteroatoms. The van der Waals surface area contributed by atoms with Crippen LogP contribution >= 0.6 is 34.5 Å². The first kappa shape index (κ1) is 29.5. The molecule has 0 saturated carbocycles. The molecule has 0 radical (unpaired) electrons. The number of thiophene rings is 1. The number of hydrogen-bond acceptors (Lipinski definition) is 5. The Morgan fingerprint density at radius 1 is 0.947 bits per heavy atom. The fraction of sp³-hybridized carbons (Fsp3) is 0.321. The van der Waals surface area contributed by atoms with Gasteiger partial charge in [-0.25, -0.2) is 9.59 Å². The molecule has 1 atom stereocenters. The minimum Gasteiger partial charge on any atom is -0.480 e. The maximum atomic E-state index is 13.0. The number of alkyl carbamates (subject to hydrolysis) is 1. The smallest absolute Gasteiger partial charge is 0.407 e. The van der Waals surface area contributed by atoms with Gasteiger partial charge >= 0.3 is 12.1 Å². The SMILES string of the molecule is CC(C)(C)OC(=O)NCCC[C@H](NC(=O)c1ccc(C(c2ccccc2Cl)c2ccccc2Cl)s1)C(=O)O. The van der Waals surface area contributed by atoms with Crippen LogP contribution in [0.25, 0.3) is 0 Å². The van der Waals surface area contributed by atoms with E-state index in [1.54, 1.807) is 39.0 Å². The van der Waals surface area contributed by atoms with Crippen molar-refractivity contribution in [2.75, 3.05) is 6.54 Å². The van der Waals surface area contributed by atoms with Gasteiger partial charge in [-0.05, 0) is 69.0 Å². The average molecular weight is 578 g/mol. The molecule has 0 aliphatic heterocycles. The number of carboxylic acid groups (broad SMARTS) is 1. The van der Waals surface area contributed by atoms with Crippen LogP contribution in [-0.2, 0) is 9.53 Å². The quantitative estimate of drug-likeness (QED) is 0.232. The van der Waals surface area contributed by atoms with Crippen LogP contribution in [-0.4, -0.2) is 41.3 Å². The fourth-order valence-electron chi connectivity index (χ4n) is 3.82. The molecule has 3 aromatic rings. The Kier molecular flexibility index (Phi) is 10.2. The topological polar surface area (TPSA) is 105 Å². The van der Waals surface area contributed by atoms with Crippen LogP contribution in [0.4, 0.5) is 4.79 Å². The van der Waals surface area contributed by atoms with Gasteiger partial charge < -0.3 is 20.5 Å². The number of carboxylic acids is 1. The van der Waals surface area contributed by atoms with E-state index in [1.807, 2.05) is 42.5 Å². The third-order valence-electron chi connectivity index (χ3n) is 5.51. The van der Waals surface area contributed by atoms with E-state index in [2.05, 4.69) is 10.6 Å². The third-order valence-corrected chi connectivity index (χ3v) is 7.35. The number of amides is 2. The van der Waals surface area contributed by atoms with Crippen molar-refractivity contribution >= 4 is 52.5 Å². The second-order valence-electron chi connectivity index (χ2n) is 9.61. The zero-order chi connectivity index (χ0) is 27.9. The summed E-state index contributed by atoms with van der Waals surface area (Å²) in [5.74, 6) is -1.96. The summed E-state index contributed by atoms with van der Waals surface area (Å²) in [4.78, 5) is 37.8. The molecule has 0 unspecified atom stereocenters. The first-order valence-corrected chi connectivity index (χ1v) is 13.6. The number of hydrogen-bond donors (Lipinski definition) is 3. The van der Waals surface area contributed by atoms with Crippen LogP contribution in [0.3, 0.4) is 0 Å². The van der Waals surface area contributed by atoms with Gasteiger partial charge in [0.05, 0.1) is 4.88 Å². The van der Waals surface area contributed by atoms with E-state index in [0.29, 0.717) is 21.3 Å². The second-order valence-corrected chi connectivity index (χ2v) is 11.5. The fourth-order valence-corrected chi connectivity index (χ4v) is 5.36. The van der Waals surface area contributed by atoms with E-state index >= 15 is 0 Å². The molecule has 38 heavy (non-hydrogen) atoms. The van der Waals surface area contributed by atoms with Crippen molar-refractivity contribution in [1.82, 2.24) is 10.6 Å². The number of ether oxygens (including phenoxy) is 1. The minimum atomic E-state index is -1.16. The lowest BCUT2D eigenvalue weighted by molar-refractivity contribution is -0.139. The van der Waals surface area contributed by atoms with Gasteiger partial charge in [0.15, 0.2) is 0 Å². The second kappa shape index (κ2) is 13.1. The maximum absolute atomic E-state index is 13.0. The van der Waals surface area contributed by atoms with E-state index in [9.17, 15) is 19.5 Å². The van der Waals surface area contributed by atoms with Gasteiger partial charge in [0.1, 0.15) is 11.6 Å². The molecule has 1 heterocycles. The molecule has 3 rings (SSSR count). The van der Waals surface area contributed by atoms with Crippen LogP contribution in [0.2, 0.25) is 10.0 Å². The molecule has 0 fully saturated rings. The number of aliphatic carboxylic acids is 1. The summed E-state index contributed by atoms with van der Waals surface area (Å²) in [5, 5.41) is 16.0. The first-order chi connectivity index (χ1) is 18.0. The predicted octanol–water partition coefficient (Wildman–Crippen LogP) is 6.72. The Labute approximate surface area is 236 Å². The van der Waals surface area contributed by atoms with Crippen LogP contribution in [0.5, 0.6) is 0 Å². The summed E-state index contributed by atoms with van der Waals surface area (Å²) < 4.78 is 5.16. The van der Waals surface area contributed by atoms with Crippen molar-refractivity contribution in [3.8, 4) is 0 Å². The molecule has 202 valence electrons. The van der Waals surface area contributed by atoms with Crippen molar-refractivity contribution < 1.29 is 24.2 Å². The van der Waals surface area contributed by atoms with Gasteiger partial charge in [-0.2, -0.15) is 0 Å². The number of rotatable bonds is 10. The number of carbonyl (C=O) groups is 3. The highest BCUT2D eigenvalue weighted by molar-refractivity contribution is 7.14. The largest absolute Gasteiger partial charge is 0.480 e. The van der Waals surface area contributed by atoms with E-state index in [-0.39, 0.29) is 18.9 Å². The Bertz CT molecular complexity index is 1240. The van der Waals surface area contributed by atoms with Crippen LogP contribution in [0.15, 0.2) is 60.7 Å². The van der Waals surface area contributed by atoms with Crippen LogP contribution < -0.4 is 10.6 Å². The van der Waals surface area contributed by atoms with Gasteiger partial charge in [0.2, 0.25) is 0 Å². The van der Waals surface area contributed by atoms with Crippen LogP contribution in [0, 0.1) is 0 Å². The minimum absolute atomic E-state index is 0.136. The Balaban J connectivity index is 1.72. The summed E-state index contributed by atoms with van der Waals surface area (Å²) in [6.07, 6.45) is -0.101. The number of carbonyl (C=O) groups excluding carboxylic acids is 2. The summed E-state index contributed by atoms with van der Waals surface area (Å²) in [6.45, 7) is 5.48. The summed E-state index contributed by atoms with van der Waals surface area (Å²) in [6, 6.07) is 17.3. The average Bonchev–Trinajstić information content (AvgIpc) is 3.32. The van der Waals surface area contributed by atoms with Crippen molar-refractivity contribution in [2.45, 2.75) is 51.2 Å². The molecular formula is C28H30Cl2N2O5S. The highest BCUT2D eigenvalue weighted by Crippen LogP contribution is 2.41. The maximum Gasteiger partial charge on any atom is 0.407 e. The lowest BCUT2D eigenvalue weighted by Crippen LogP contribution is -2.41. The highest BCUT2D eigenvalue weighted by atomic mass is 35.5. The predicted molar refractivity (Wildman–Crippen MR) is 151 cm³/mol. The molecule has 0 bridgehead atoms. The lowest BCUT2D eigenvalue weighted by Gasteiger charge is -2.20. The first-order valence-electron chi connectivity index (χ1n) is 12.1. The molecular weight excluding hydrogens is 547 g/mol. The summed E-state index contributed by atoms with van der Waals surface area (Å²) >= 11 is 14.3. The number of nitrogens with one attached hydrogen (secondary N) is 2. The molecule has 1 aromatic heterocycles. The summed E-state index contributed by atoms with van der Waals surface area (Å²) in [5.41, 5.74) is 1.06. The van der Waals surface area contributed by atoms with E-state index in [1.165, 1.54) is 11.3 Å². The molecule has 0 saturated heterocycles. The van der Waals surface area contributed by atoms with Crippen molar-refractivity contribution in [2.24, 2.45) is 0 Å². The van der Waals surface area contributed by atoms with E-state index < -0.39 is 29.6 Å². The summed E-state index contributed by atoms with van der Waals surface area (Å²) in [7, 11) is 0. The van der Waals surface area contributed by atoms with Gasteiger partial charge in [0.25, 0.3) is 5.91 Å². The lowest BCUT2D eigenvalue weighted by atomic mass is 9.90. The number of halogens is 2. The third kappa shape index (κ3) is 8.21. The van der Waals surface area contributed by atoms with Gasteiger partial charge in [-0.3, -0.25) is 4.79 Å². The van der Waals surface area contributed by atoms with Gasteiger partial charge in [-0.15, -0.1) is 11.3 Å². The molecule has 0 spiro atoms. The van der Waals surface area contributed by atoms with Gasteiger partial charge in [-0.1, -0.05) is 59.6 Å². The van der Waals surface area contributed by atoms with Crippen molar-refractivity contribution in [3.63, 3.8) is 0 Å². The molecule has 0 aliphatic carbocycles. The van der Waals surface area contributed by atoms with Crippen molar-refractivity contribution in [3.05, 3.63) is 91.6 Å². The molecule has 2 aromatic carbocycles. The van der Waals surface area contributed by atoms with E-state index in [4.69, 9.17) is 27.9 Å². The van der Waals surface area contributed by atoms with E-state index in [0.717, 1.165) is 16.0 Å². The zero-order valence-electron chi connectivity index (χ0n) is 21.3. The van der Waals surface area contributed by atoms with Crippen molar-refractivity contribution in [1.29, 1.82) is 0 Å². The Hall–Kier alpha value is -3.07. The molecule has 2 amide bonds. The molecule has 3 N–H and O–H groups in total.